The average molecular weight is 513 g/mol. The SMILES string of the molecule is CCCCCC(=O)NC(C(=O)NC(CN(C)C(C)=O)C(=O)NC(CC(C)C)C(=O)C(C)CO)C(C)C. The number of amides is 4. The van der Waals surface area contributed by atoms with E-state index in [0.29, 0.717) is 12.8 Å². The lowest BCUT2D eigenvalue weighted by molar-refractivity contribution is -0.136. The summed E-state index contributed by atoms with van der Waals surface area (Å²) in [6, 6.07) is -2.85. The minimum absolute atomic E-state index is 0.0892. The van der Waals surface area contributed by atoms with E-state index in [-0.39, 0.29) is 42.6 Å². The topological polar surface area (TPSA) is 145 Å². The fourth-order valence-electron chi connectivity index (χ4n) is 3.60. The quantitative estimate of drug-likeness (QED) is 0.217. The van der Waals surface area contributed by atoms with Crippen LogP contribution in [0.5, 0.6) is 0 Å². The fraction of sp³-hybridized carbons (Fsp3) is 0.808. The van der Waals surface area contributed by atoms with E-state index in [4.69, 9.17) is 0 Å². The summed E-state index contributed by atoms with van der Waals surface area (Å²) >= 11 is 0. The van der Waals surface area contributed by atoms with Crippen LogP contribution in [0.4, 0.5) is 0 Å². The molecule has 0 heterocycles. The van der Waals surface area contributed by atoms with Crippen molar-refractivity contribution in [1.82, 2.24) is 20.9 Å². The first-order valence-electron chi connectivity index (χ1n) is 13.0. The van der Waals surface area contributed by atoms with Crippen molar-refractivity contribution in [2.45, 2.75) is 98.7 Å². The Morgan fingerprint density at radius 1 is 0.861 bits per heavy atom. The molecule has 0 radical (unpaired) electrons. The second kappa shape index (κ2) is 17.1. The number of Topliss-reactive ketones (excluding diaryl/α,β-unsaturated/α-hetero) is 1. The molecule has 0 aliphatic carbocycles. The Bertz CT molecular complexity index is 740. The predicted octanol–water partition coefficient (Wildman–Crippen LogP) is 1.40. The van der Waals surface area contributed by atoms with Crippen LogP contribution in [0, 0.1) is 17.8 Å². The molecule has 0 saturated carbocycles. The summed E-state index contributed by atoms with van der Waals surface area (Å²) in [5.41, 5.74) is 0. The molecule has 0 fully saturated rings. The van der Waals surface area contributed by atoms with E-state index in [2.05, 4.69) is 16.0 Å². The highest BCUT2D eigenvalue weighted by Gasteiger charge is 2.33. The van der Waals surface area contributed by atoms with Gasteiger partial charge in [0.15, 0.2) is 5.78 Å². The van der Waals surface area contributed by atoms with Crippen molar-refractivity contribution in [2.75, 3.05) is 20.2 Å². The van der Waals surface area contributed by atoms with E-state index in [9.17, 15) is 29.1 Å². The molecule has 4 unspecified atom stereocenters. The van der Waals surface area contributed by atoms with Crippen molar-refractivity contribution >= 4 is 29.4 Å². The van der Waals surface area contributed by atoms with Crippen molar-refractivity contribution in [1.29, 1.82) is 0 Å². The molecule has 0 aliphatic heterocycles. The molecular weight excluding hydrogens is 464 g/mol. The van der Waals surface area contributed by atoms with Gasteiger partial charge in [-0.2, -0.15) is 0 Å². The molecule has 4 amide bonds. The minimum Gasteiger partial charge on any atom is -0.396 e. The molecule has 4 atom stereocenters. The van der Waals surface area contributed by atoms with E-state index in [1.165, 1.54) is 18.9 Å². The van der Waals surface area contributed by atoms with Gasteiger partial charge in [-0.15, -0.1) is 0 Å². The largest absolute Gasteiger partial charge is 0.396 e. The number of ketones is 1. The van der Waals surface area contributed by atoms with E-state index in [1.54, 1.807) is 20.8 Å². The van der Waals surface area contributed by atoms with Crippen LogP contribution in [0.1, 0.15) is 80.6 Å². The smallest absolute Gasteiger partial charge is 0.245 e. The summed E-state index contributed by atoms with van der Waals surface area (Å²) in [5.74, 6) is -2.80. The molecule has 0 aromatic rings. The molecule has 0 aromatic heterocycles. The summed E-state index contributed by atoms with van der Waals surface area (Å²) in [4.78, 5) is 64.7. The number of nitrogens with zero attached hydrogens (tertiary/aromatic N) is 1. The Hall–Kier alpha value is -2.49. The number of carbonyl (C=O) groups excluding carboxylic acids is 5. The summed E-state index contributed by atoms with van der Waals surface area (Å²) in [7, 11) is 1.51. The molecule has 208 valence electrons. The maximum Gasteiger partial charge on any atom is 0.245 e. The zero-order valence-electron chi connectivity index (χ0n) is 23.3. The standard InChI is InChI=1S/C26H48N4O6/c1-9-10-11-12-22(33)29-23(17(4)5)26(36)28-21(14-30(8)19(7)32)25(35)27-20(13-16(2)3)24(34)18(6)15-31/h16-18,20-21,23,31H,9-15H2,1-8H3,(H,27,35)(H,28,36)(H,29,33). The van der Waals surface area contributed by atoms with Crippen LogP contribution in [0.3, 0.4) is 0 Å². The number of hydrogen-bond acceptors (Lipinski definition) is 6. The van der Waals surface area contributed by atoms with Gasteiger partial charge in [0, 0.05) is 32.9 Å². The van der Waals surface area contributed by atoms with Crippen LogP contribution in [-0.4, -0.2) is 77.7 Å². The van der Waals surface area contributed by atoms with Gasteiger partial charge in [-0.25, -0.2) is 0 Å². The van der Waals surface area contributed by atoms with Crippen LogP contribution in [-0.2, 0) is 24.0 Å². The number of aliphatic hydroxyl groups excluding tert-OH is 1. The number of unbranched alkanes of at least 4 members (excludes halogenated alkanes) is 2. The summed E-state index contributed by atoms with van der Waals surface area (Å²) < 4.78 is 0. The number of carbonyl (C=O) groups is 5. The molecule has 36 heavy (non-hydrogen) atoms. The highest BCUT2D eigenvalue weighted by molar-refractivity contribution is 5.95. The first-order valence-corrected chi connectivity index (χ1v) is 13.0. The lowest BCUT2D eigenvalue weighted by atomic mass is 9.93. The molecular formula is C26H48N4O6. The normalized spacial score (nSPS) is 14.5. The Balaban J connectivity index is 5.73. The van der Waals surface area contributed by atoms with Gasteiger partial charge in [0.05, 0.1) is 12.6 Å². The fourth-order valence-corrected chi connectivity index (χ4v) is 3.60. The second-order valence-corrected chi connectivity index (χ2v) is 10.4. The zero-order valence-corrected chi connectivity index (χ0v) is 23.3. The maximum absolute atomic E-state index is 13.3. The zero-order chi connectivity index (χ0) is 28.0. The van der Waals surface area contributed by atoms with Crippen LogP contribution < -0.4 is 16.0 Å². The van der Waals surface area contributed by atoms with Gasteiger partial charge in [-0.05, 0) is 24.7 Å². The van der Waals surface area contributed by atoms with Gasteiger partial charge in [0.1, 0.15) is 12.1 Å². The summed E-state index contributed by atoms with van der Waals surface area (Å²) in [6.45, 7) is 11.9. The van der Waals surface area contributed by atoms with Crippen molar-refractivity contribution < 1.29 is 29.1 Å². The maximum atomic E-state index is 13.3. The number of likely N-dealkylation sites (N-methyl/N-ethyl adjacent to an activating group) is 1. The molecule has 0 aromatic carbocycles. The predicted molar refractivity (Wildman–Crippen MR) is 139 cm³/mol. The summed E-state index contributed by atoms with van der Waals surface area (Å²) in [5, 5.41) is 17.6. The van der Waals surface area contributed by atoms with Gasteiger partial charge in [0.25, 0.3) is 0 Å². The summed E-state index contributed by atoms with van der Waals surface area (Å²) in [6.07, 6.45) is 3.28. The van der Waals surface area contributed by atoms with E-state index >= 15 is 0 Å². The highest BCUT2D eigenvalue weighted by atomic mass is 16.3. The third-order valence-corrected chi connectivity index (χ3v) is 6.03. The van der Waals surface area contributed by atoms with Crippen molar-refractivity contribution in [3.8, 4) is 0 Å². The van der Waals surface area contributed by atoms with Crippen LogP contribution in [0.15, 0.2) is 0 Å². The van der Waals surface area contributed by atoms with Gasteiger partial charge >= 0.3 is 0 Å². The van der Waals surface area contributed by atoms with Gasteiger partial charge in [-0.3, -0.25) is 24.0 Å². The molecule has 10 nitrogen and oxygen atoms in total. The van der Waals surface area contributed by atoms with Crippen LogP contribution in [0.2, 0.25) is 0 Å². The Morgan fingerprint density at radius 2 is 1.44 bits per heavy atom. The molecule has 0 spiro atoms. The first-order chi connectivity index (χ1) is 16.7. The van der Waals surface area contributed by atoms with Crippen molar-refractivity contribution in [2.24, 2.45) is 17.8 Å². The van der Waals surface area contributed by atoms with E-state index in [1.807, 2.05) is 20.8 Å². The van der Waals surface area contributed by atoms with Gasteiger partial charge in [-0.1, -0.05) is 54.4 Å². The molecule has 0 aliphatic rings. The number of hydrogen-bond donors (Lipinski definition) is 4. The van der Waals surface area contributed by atoms with Crippen LogP contribution >= 0.6 is 0 Å². The first kappa shape index (κ1) is 33.5. The van der Waals surface area contributed by atoms with E-state index < -0.39 is 35.9 Å². The molecule has 0 bridgehead atoms. The third-order valence-electron chi connectivity index (χ3n) is 6.03. The Kier molecular flexibility index (Phi) is 15.9. The monoisotopic (exact) mass is 512 g/mol. The number of rotatable bonds is 17. The lowest BCUT2D eigenvalue weighted by Crippen LogP contribution is -2.60. The number of aliphatic hydroxyl groups is 1. The van der Waals surface area contributed by atoms with Gasteiger partial charge in [0.2, 0.25) is 23.6 Å². The minimum atomic E-state index is -1.14. The van der Waals surface area contributed by atoms with Gasteiger partial charge < -0.3 is 26.0 Å². The molecule has 0 saturated heterocycles. The Labute approximate surface area is 216 Å². The van der Waals surface area contributed by atoms with Crippen LogP contribution in [0.25, 0.3) is 0 Å². The average Bonchev–Trinajstić information content (AvgIpc) is 2.79. The molecule has 4 N–H and O–H groups in total. The molecule has 10 heteroatoms. The van der Waals surface area contributed by atoms with E-state index in [0.717, 1.165) is 19.3 Å². The Morgan fingerprint density at radius 3 is 1.92 bits per heavy atom. The van der Waals surface area contributed by atoms with Crippen molar-refractivity contribution in [3.05, 3.63) is 0 Å². The second-order valence-electron chi connectivity index (χ2n) is 10.4. The number of nitrogens with one attached hydrogen (secondary N) is 3. The highest BCUT2D eigenvalue weighted by Crippen LogP contribution is 2.12. The molecule has 0 rings (SSSR count). The third kappa shape index (κ3) is 12.5. The van der Waals surface area contributed by atoms with Crippen molar-refractivity contribution in [3.63, 3.8) is 0 Å². The lowest BCUT2D eigenvalue weighted by Gasteiger charge is -2.29.